The molecular formula is C33H45F3N2O9. The number of ether oxygens (including phenoxy) is 4. The van der Waals surface area contributed by atoms with E-state index >= 15 is 0 Å². The van der Waals surface area contributed by atoms with E-state index in [0.29, 0.717) is 50.0 Å². The number of unbranched alkanes of at least 4 members (excludes halogenated alkanes) is 1. The summed E-state index contributed by atoms with van der Waals surface area (Å²) in [6.07, 6.45) is -0.536. The third kappa shape index (κ3) is 11.4. The Balaban J connectivity index is 0.000000771. The van der Waals surface area contributed by atoms with Crippen LogP contribution in [0.15, 0.2) is 34.7 Å². The summed E-state index contributed by atoms with van der Waals surface area (Å²) in [7, 11) is 3.24. The molecule has 1 amide bonds. The number of nitrogens with zero attached hydrogens (tertiary/aromatic N) is 2. The Hall–Kier alpha value is -3.94. The van der Waals surface area contributed by atoms with Gasteiger partial charge in [0, 0.05) is 31.7 Å². The summed E-state index contributed by atoms with van der Waals surface area (Å²) in [4.78, 5) is 35.9. The van der Waals surface area contributed by atoms with E-state index in [2.05, 4.69) is 0 Å². The van der Waals surface area contributed by atoms with Crippen molar-refractivity contribution in [1.82, 2.24) is 4.90 Å². The fraction of sp³-hybridized carbons (Fsp3) is 0.606. The molecule has 11 nitrogen and oxygen atoms in total. The second kappa shape index (κ2) is 17.3. The minimum Gasteiger partial charge on any atom is -0.542 e. The first-order chi connectivity index (χ1) is 22.3. The third-order valence-corrected chi connectivity index (χ3v) is 8.61. The zero-order valence-corrected chi connectivity index (χ0v) is 27.4. The average molecular weight is 671 g/mol. The van der Waals surface area contributed by atoms with Gasteiger partial charge in [-0.1, -0.05) is 6.07 Å². The van der Waals surface area contributed by atoms with E-state index in [0.717, 1.165) is 73.4 Å². The number of quaternary nitrogens is 1. The quantitative estimate of drug-likeness (QED) is 0.163. The Morgan fingerprint density at radius 1 is 1.04 bits per heavy atom. The monoisotopic (exact) mass is 670 g/mol. The molecule has 14 heteroatoms. The first-order valence-electron chi connectivity index (χ1n) is 15.8. The molecule has 0 unspecified atom stereocenters. The van der Waals surface area contributed by atoms with E-state index in [-0.39, 0.29) is 18.2 Å². The Bertz CT molecular complexity index is 1320. The normalized spacial score (nSPS) is 20.1. The molecule has 5 rings (SSSR count). The molecule has 3 aliphatic rings. The molecule has 3 aliphatic heterocycles. The van der Waals surface area contributed by atoms with Crippen LogP contribution in [0.4, 0.5) is 18.0 Å². The van der Waals surface area contributed by atoms with Crippen molar-refractivity contribution in [3.8, 4) is 11.5 Å². The summed E-state index contributed by atoms with van der Waals surface area (Å²) in [5.41, 5.74) is 1.04. The zero-order chi connectivity index (χ0) is 34.6. The fourth-order valence-corrected chi connectivity index (χ4v) is 6.12. The Morgan fingerprint density at radius 3 is 2.30 bits per heavy atom. The minimum absolute atomic E-state index is 0.0954. The largest absolute Gasteiger partial charge is 0.542 e. The van der Waals surface area contributed by atoms with E-state index in [9.17, 15) is 22.8 Å². The number of carboxylic acids is 1. The first kappa shape index (κ1) is 37.5. The highest BCUT2D eigenvalue weighted by Crippen LogP contribution is 2.36. The number of piperidine rings is 3. The highest BCUT2D eigenvalue weighted by molar-refractivity contribution is 5.70. The van der Waals surface area contributed by atoms with E-state index in [1.54, 1.807) is 19.1 Å². The van der Waals surface area contributed by atoms with Crippen LogP contribution in [0.5, 0.6) is 11.5 Å². The number of carbonyl (C=O) groups excluding carboxylic acids is 3. The lowest BCUT2D eigenvalue weighted by molar-refractivity contribution is -0.946. The number of rotatable bonds is 14. The van der Waals surface area contributed by atoms with Gasteiger partial charge < -0.3 is 42.6 Å². The number of halogens is 3. The molecular weight excluding hydrogens is 625 g/mol. The Kier molecular flexibility index (Phi) is 13.8. The van der Waals surface area contributed by atoms with Crippen molar-refractivity contribution in [3.05, 3.63) is 47.4 Å². The summed E-state index contributed by atoms with van der Waals surface area (Å²) in [6.45, 7) is 9.09. The maximum Gasteiger partial charge on any atom is 0.430 e. The lowest BCUT2D eigenvalue weighted by atomic mass is 9.83. The summed E-state index contributed by atoms with van der Waals surface area (Å²) >= 11 is 0. The van der Waals surface area contributed by atoms with Gasteiger partial charge in [-0.15, -0.1) is 0 Å². The highest BCUT2D eigenvalue weighted by Gasteiger charge is 2.47. The maximum atomic E-state index is 13.6. The minimum atomic E-state index is -5.19. The molecule has 0 saturated carbocycles. The van der Waals surface area contributed by atoms with Crippen LogP contribution in [0.25, 0.3) is 0 Å². The number of hydrogen-bond acceptors (Lipinski definition) is 9. The topological polar surface area (TPSA) is 128 Å². The zero-order valence-electron chi connectivity index (χ0n) is 27.4. The van der Waals surface area contributed by atoms with Crippen molar-refractivity contribution in [1.29, 1.82) is 0 Å². The van der Waals surface area contributed by atoms with Crippen LogP contribution in [0.2, 0.25) is 0 Å². The Labute approximate surface area is 273 Å². The molecule has 3 saturated heterocycles. The number of fused-ring (bicyclic) bond motifs is 3. The molecule has 2 aromatic rings. The molecule has 2 bridgehead atoms. The van der Waals surface area contributed by atoms with Gasteiger partial charge in [-0.05, 0) is 62.9 Å². The number of alkyl halides is 3. The number of amides is 1. The molecule has 0 radical (unpaired) electrons. The summed E-state index contributed by atoms with van der Waals surface area (Å²) in [5.74, 6) is 0.171. The van der Waals surface area contributed by atoms with Crippen LogP contribution in [-0.4, -0.2) is 93.2 Å². The summed E-state index contributed by atoms with van der Waals surface area (Å²) in [5, 5.41) is 8.78. The lowest BCUT2D eigenvalue weighted by Gasteiger charge is -2.52. The van der Waals surface area contributed by atoms with Gasteiger partial charge in [-0.2, -0.15) is 13.2 Å². The first-order valence-corrected chi connectivity index (χ1v) is 15.8. The van der Waals surface area contributed by atoms with E-state index < -0.39 is 12.1 Å². The molecule has 3 fully saturated rings. The van der Waals surface area contributed by atoms with Crippen molar-refractivity contribution in [2.24, 2.45) is 5.92 Å². The number of methoxy groups -OCH3 is 2. The molecule has 0 aliphatic carbocycles. The van der Waals surface area contributed by atoms with Crippen molar-refractivity contribution in [2.75, 3.05) is 53.6 Å². The summed E-state index contributed by atoms with van der Waals surface area (Å²) < 4.78 is 60.5. The van der Waals surface area contributed by atoms with E-state index in [1.165, 1.54) is 0 Å². The van der Waals surface area contributed by atoms with Crippen molar-refractivity contribution >= 4 is 18.0 Å². The van der Waals surface area contributed by atoms with Gasteiger partial charge in [0.05, 0.1) is 47.0 Å². The molecule has 0 N–H and O–H groups in total. The van der Waals surface area contributed by atoms with E-state index in [1.807, 2.05) is 44.2 Å². The number of hydrogen-bond donors (Lipinski definition) is 0. The van der Waals surface area contributed by atoms with Gasteiger partial charge >= 0.3 is 18.2 Å². The SMILES string of the molecule is CCOC(=O)CCCC[N+]12CCC(CC1)[C@@H](OC(=O)N(CCc1ccc(OC)c(OC)c1)Cc1ccc(C)o1)C2.O=C([O-])C(F)(F)F. The van der Waals surface area contributed by atoms with Crippen LogP contribution in [-0.2, 0) is 32.0 Å². The van der Waals surface area contributed by atoms with Crippen molar-refractivity contribution in [2.45, 2.75) is 71.2 Å². The average Bonchev–Trinajstić information content (AvgIpc) is 3.46. The van der Waals surface area contributed by atoms with Gasteiger partial charge in [0.2, 0.25) is 0 Å². The lowest BCUT2D eigenvalue weighted by Crippen LogP contribution is -2.65. The van der Waals surface area contributed by atoms with Gasteiger partial charge in [0.15, 0.2) is 17.6 Å². The van der Waals surface area contributed by atoms with Crippen LogP contribution in [0, 0.1) is 12.8 Å². The van der Waals surface area contributed by atoms with Crippen LogP contribution in [0.1, 0.15) is 56.1 Å². The number of benzene rings is 1. The second-order valence-corrected chi connectivity index (χ2v) is 11.9. The molecule has 4 heterocycles. The number of carbonyl (C=O) groups is 3. The number of esters is 1. The molecule has 1 aromatic carbocycles. The van der Waals surface area contributed by atoms with E-state index in [4.69, 9.17) is 33.3 Å². The smallest absolute Gasteiger partial charge is 0.430 e. The van der Waals surface area contributed by atoms with Crippen LogP contribution < -0.4 is 14.6 Å². The number of aryl methyl sites for hydroxylation is 1. The Morgan fingerprint density at radius 2 is 1.72 bits per heavy atom. The van der Waals surface area contributed by atoms with Gasteiger partial charge in [0.25, 0.3) is 0 Å². The predicted molar refractivity (Wildman–Crippen MR) is 161 cm³/mol. The summed E-state index contributed by atoms with van der Waals surface area (Å²) in [6, 6.07) is 9.65. The third-order valence-electron chi connectivity index (χ3n) is 8.61. The van der Waals surface area contributed by atoms with Crippen LogP contribution in [0.3, 0.4) is 0 Å². The number of aliphatic carboxylic acids is 1. The molecule has 0 spiro atoms. The van der Waals surface area contributed by atoms with Crippen LogP contribution >= 0.6 is 0 Å². The fourth-order valence-electron chi connectivity index (χ4n) is 6.12. The van der Waals surface area contributed by atoms with Gasteiger partial charge in [-0.3, -0.25) is 4.79 Å². The van der Waals surface area contributed by atoms with Gasteiger partial charge in [-0.25, -0.2) is 4.79 Å². The standard InChI is InChI=1S/C31H45N2O7.C2HF3O2/c1-5-38-30(34)8-6-7-17-33-18-14-25(15-19-33)29(22-33)40-31(35)32(21-26-11-9-23(2)39-26)16-13-24-10-12-27(36-3)28(20-24)37-4;3-2(4,5)1(6)7/h9-12,20,25,29H,5-8,13-19,21-22H2,1-4H3;(H,6,7)/q+1;/p-1/t25?,29-,33?;/m0./s1. The molecule has 47 heavy (non-hydrogen) atoms. The van der Waals surface area contributed by atoms with Gasteiger partial charge in [0.1, 0.15) is 24.0 Å². The predicted octanol–water partition coefficient (Wildman–Crippen LogP) is 4.43. The van der Waals surface area contributed by atoms with Crippen molar-refractivity contribution in [3.63, 3.8) is 0 Å². The molecule has 1 atom stereocenters. The maximum absolute atomic E-state index is 13.6. The number of carboxylic acid groups (broad SMARTS) is 1. The second-order valence-electron chi connectivity index (χ2n) is 11.9. The number of furan rings is 1. The highest BCUT2D eigenvalue weighted by atomic mass is 19.4. The van der Waals surface area contributed by atoms with Crippen molar-refractivity contribution < 1.29 is 60.5 Å². The molecule has 262 valence electrons. The molecule has 1 aromatic heterocycles.